The zero-order valence-corrected chi connectivity index (χ0v) is 8.88. The second-order valence-electron chi connectivity index (χ2n) is 3.17. The highest BCUT2D eigenvalue weighted by atomic mass is 16.5. The Bertz CT molecular complexity index is 144. The molecular weight excluding hydrogens is 166 g/mol. The van der Waals surface area contributed by atoms with Crippen molar-refractivity contribution in [2.75, 3.05) is 13.2 Å². The number of carbonyl (C=O) groups excluding carboxylic acids is 1. The van der Waals surface area contributed by atoms with Gasteiger partial charge in [0.15, 0.2) is 0 Å². The Kier molecular flexibility index (Phi) is 6.59. The van der Waals surface area contributed by atoms with Crippen LogP contribution in [-0.4, -0.2) is 19.1 Å². The molecule has 2 N–H and O–H groups in total. The molecule has 0 spiro atoms. The van der Waals surface area contributed by atoms with E-state index in [1.807, 2.05) is 6.92 Å². The smallest absolute Gasteiger partial charge is 0.310 e. The maximum atomic E-state index is 11.4. The molecule has 0 saturated heterocycles. The molecule has 0 rings (SSSR count). The largest absolute Gasteiger partial charge is 0.466 e. The van der Waals surface area contributed by atoms with E-state index in [2.05, 4.69) is 13.8 Å². The summed E-state index contributed by atoms with van der Waals surface area (Å²) in [5.74, 6) is 0.109. The molecule has 0 aromatic carbocycles. The molecule has 3 heteroatoms. The monoisotopic (exact) mass is 187 g/mol. The first-order valence-corrected chi connectivity index (χ1v) is 5.07. The third-order valence-corrected chi connectivity index (χ3v) is 2.46. The Morgan fingerprint density at radius 1 is 1.31 bits per heavy atom. The van der Waals surface area contributed by atoms with Crippen LogP contribution in [0.1, 0.15) is 33.6 Å². The van der Waals surface area contributed by atoms with Gasteiger partial charge in [-0.05, 0) is 12.8 Å². The average Bonchev–Trinajstić information content (AvgIpc) is 2.14. The van der Waals surface area contributed by atoms with Crippen LogP contribution in [0.25, 0.3) is 0 Å². The zero-order valence-electron chi connectivity index (χ0n) is 8.88. The van der Waals surface area contributed by atoms with Crippen LogP contribution in [0.3, 0.4) is 0 Å². The predicted molar refractivity (Wildman–Crippen MR) is 53.2 cm³/mol. The van der Waals surface area contributed by atoms with Crippen LogP contribution >= 0.6 is 0 Å². The summed E-state index contributed by atoms with van der Waals surface area (Å²) in [5, 5.41) is 0. The summed E-state index contributed by atoms with van der Waals surface area (Å²) in [5.41, 5.74) is 5.56. The molecule has 0 fully saturated rings. The second kappa shape index (κ2) is 6.89. The fourth-order valence-corrected chi connectivity index (χ4v) is 1.59. The molecule has 78 valence electrons. The maximum Gasteiger partial charge on any atom is 0.310 e. The number of esters is 1. The minimum Gasteiger partial charge on any atom is -0.466 e. The van der Waals surface area contributed by atoms with Gasteiger partial charge in [0.2, 0.25) is 0 Å². The summed E-state index contributed by atoms with van der Waals surface area (Å²) in [7, 11) is 0. The molecule has 0 amide bonds. The number of nitrogens with two attached hydrogens (primary N) is 1. The molecule has 1 atom stereocenters. The molecule has 0 saturated carbocycles. The highest BCUT2D eigenvalue weighted by Crippen LogP contribution is 2.19. The van der Waals surface area contributed by atoms with Crippen molar-refractivity contribution in [2.24, 2.45) is 17.6 Å². The van der Waals surface area contributed by atoms with Crippen molar-refractivity contribution in [3.05, 3.63) is 0 Å². The van der Waals surface area contributed by atoms with Crippen molar-refractivity contribution < 1.29 is 9.53 Å². The van der Waals surface area contributed by atoms with Gasteiger partial charge in [0.25, 0.3) is 0 Å². The van der Waals surface area contributed by atoms with Gasteiger partial charge in [-0.3, -0.25) is 4.79 Å². The number of carbonyl (C=O) groups is 1. The van der Waals surface area contributed by atoms with Crippen LogP contribution in [0.4, 0.5) is 0 Å². The van der Waals surface area contributed by atoms with Gasteiger partial charge >= 0.3 is 5.97 Å². The average molecular weight is 187 g/mol. The number of hydrogen-bond donors (Lipinski definition) is 1. The Morgan fingerprint density at radius 3 is 2.15 bits per heavy atom. The lowest BCUT2D eigenvalue weighted by molar-refractivity contribution is -0.149. The van der Waals surface area contributed by atoms with Crippen molar-refractivity contribution >= 4 is 5.97 Å². The van der Waals surface area contributed by atoms with Crippen molar-refractivity contribution in [1.29, 1.82) is 0 Å². The highest BCUT2D eigenvalue weighted by Gasteiger charge is 2.25. The van der Waals surface area contributed by atoms with Crippen LogP contribution in [-0.2, 0) is 9.53 Å². The molecule has 0 aromatic rings. The van der Waals surface area contributed by atoms with Gasteiger partial charge < -0.3 is 10.5 Å². The van der Waals surface area contributed by atoms with Crippen molar-refractivity contribution in [3.63, 3.8) is 0 Å². The van der Waals surface area contributed by atoms with Crippen molar-refractivity contribution in [3.8, 4) is 0 Å². The van der Waals surface area contributed by atoms with E-state index in [1.165, 1.54) is 0 Å². The summed E-state index contributed by atoms with van der Waals surface area (Å²) in [6.07, 6.45) is 1.97. The first-order chi connectivity index (χ1) is 6.21. The molecule has 0 bridgehead atoms. The van der Waals surface area contributed by atoms with Crippen LogP contribution in [0, 0.1) is 11.8 Å². The standard InChI is InChI=1S/C10H21NO2/c1-4-8(5-2)9(7-11)10(12)13-6-3/h8-9H,4-7,11H2,1-3H3. The van der Waals surface area contributed by atoms with E-state index in [0.717, 1.165) is 12.8 Å². The van der Waals surface area contributed by atoms with Crippen LogP contribution in [0.2, 0.25) is 0 Å². The van der Waals surface area contributed by atoms with Crippen LogP contribution < -0.4 is 5.73 Å². The molecule has 0 radical (unpaired) electrons. The van der Waals surface area contributed by atoms with E-state index in [9.17, 15) is 4.79 Å². The number of ether oxygens (including phenoxy) is 1. The Balaban J connectivity index is 4.20. The van der Waals surface area contributed by atoms with Gasteiger partial charge in [-0.15, -0.1) is 0 Å². The zero-order chi connectivity index (χ0) is 10.3. The third-order valence-electron chi connectivity index (χ3n) is 2.46. The molecule has 0 aliphatic rings. The number of hydrogen-bond acceptors (Lipinski definition) is 3. The van der Waals surface area contributed by atoms with E-state index in [4.69, 9.17) is 10.5 Å². The Labute approximate surface area is 80.6 Å². The third kappa shape index (κ3) is 3.77. The van der Waals surface area contributed by atoms with Crippen LogP contribution in [0.15, 0.2) is 0 Å². The molecule has 13 heavy (non-hydrogen) atoms. The first kappa shape index (κ1) is 12.4. The molecule has 0 heterocycles. The highest BCUT2D eigenvalue weighted by molar-refractivity contribution is 5.73. The molecule has 0 aliphatic heterocycles. The van der Waals surface area contributed by atoms with Crippen molar-refractivity contribution in [1.82, 2.24) is 0 Å². The van der Waals surface area contributed by atoms with E-state index in [-0.39, 0.29) is 11.9 Å². The van der Waals surface area contributed by atoms with Crippen molar-refractivity contribution in [2.45, 2.75) is 33.6 Å². The van der Waals surface area contributed by atoms with Gasteiger partial charge in [-0.25, -0.2) is 0 Å². The topological polar surface area (TPSA) is 52.3 Å². The van der Waals surface area contributed by atoms with E-state index in [0.29, 0.717) is 19.1 Å². The van der Waals surface area contributed by atoms with E-state index < -0.39 is 0 Å². The fraction of sp³-hybridized carbons (Fsp3) is 0.900. The summed E-state index contributed by atoms with van der Waals surface area (Å²) in [4.78, 5) is 11.4. The maximum absolute atomic E-state index is 11.4. The molecule has 0 aromatic heterocycles. The molecular formula is C10H21NO2. The van der Waals surface area contributed by atoms with Crippen LogP contribution in [0.5, 0.6) is 0 Å². The predicted octanol–water partition coefficient (Wildman–Crippen LogP) is 1.56. The number of rotatable bonds is 6. The van der Waals surface area contributed by atoms with Gasteiger partial charge in [0.05, 0.1) is 12.5 Å². The normalized spacial score (nSPS) is 13.0. The Morgan fingerprint density at radius 2 is 1.85 bits per heavy atom. The minimum absolute atomic E-state index is 0.116. The summed E-state index contributed by atoms with van der Waals surface area (Å²) >= 11 is 0. The lowest BCUT2D eigenvalue weighted by Gasteiger charge is -2.21. The van der Waals surface area contributed by atoms with Gasteiger partial charge in [0, 0.05) is 6.54 Å². The SMILES string of the molecule is CCOC(=O)C(CN)C(CC)CC. The Hall–Kier alpha value is -0.570. The van der Waals surface area contributed by atoms with E-state index in [1.54, 1.807) is 0 Å². The first-order valence-electron chi connectivity index (χ1n) is 5.07. The summed E-state index contributed by atoms with van der Waals surface area (Å²) in [6, 6.07) is 0. The molecule has 1 unspecified atom stereocenters. The van der Waals surface area contributed by atoms with E-state index >= 15 is 0 Å². The molecule has 3 nitrogen and oxygen atoms in total. The molecule has 0 aliphatic carbocycles. The summed E-state index contributed by atoms with van der Waals surface area (Å²) < 4.78 is 4.96. The van der Waals surface area contributed by atoms with Gasteiger partial charge in [0.1, 0.15) is 0 Å². The van der Waals surface area contributed by atoms with Gasteiger partial charge in [-0.1, -0.05) is 26.7 Å². The lowest BCUT2D eigenvalue weighted by Crippen LogP contribution is -2.32. The summed E-state index contributed by atoms with van der Waals surface area (Å²) in [6.45, 7) is 6.81. The van der Waals surface area contributed by atoms with Gasteiger partial charge in [-0.2, -0.15) is 0 Å². The fourth-order valence-electron chi connectivity index (χ4n) is 1.59. The quantitative estimate of drug-likeness (QED) is 0.642. The second-order valence-corrected chi connectivity index (χ2v) is 3.17. The minimum atomic E-state index is -0.140. The lowest BCUT2D eigenvalue weighted by atomic mass is 9.88.